The summed E-state index contributed by atoms with van der Waals surface area (Å²) in [5.74, 6) is -0.881. The van der Waals surface area contributed by atoms with Gasteiger partial charge >= 0.3 is 12.0 Å². The number of carbonyl (C=O) groups excluding carboxylic acids is 1. The number of ether oxygens (including phenoxy) is 1. The third-order valence-corrected chi connectivity index (χ3v) is 6.22. The molecule has 1 aliphatic rings. The summed E-state index contributed by atoms with van der Waals surface area (Å²) in [7, 11) is 0. The molecule has 2 amide bonds. The molecule has 1 aromatic heterocycles. The summed E-state index contributed by atoms with van der Waals surface area (Å²) in [4.78, 5) is 30.8. The maximum atomic E-state index is 15.0. The fourth-order valence-corrected chi connectivity index (χ4v) is 4.80. The predicted octanol–water partition coefficient (Wildman–Crippen LogP) is 4.71. The molecule has 7 nitrogen and oxygen atoms in total. The van der Waals surface area contributed by atoms with Crippen LogP contribution in [0.25, 0.3) is 0 Å². The van der Waals surface area contributed by atoms with Crippen LogP contribution in [0.4, 0.5) is 9.28 Å². The van der Waals surface area contributed by atoms with Crippen molar-refractivity contribution in [3.63, 3.8) is 0 Å². The number of rotatable bonds is 6. The minimum atomic E-state index is -1.14. The van der Waals surface area contributed by atoms with Gasteiger partial charge in [0.15, 0.2) is 6.61 Å². The van der Waals surface area contributed by atoms with Crippen molar-refractivity contribution in [3.05, 3.63) is 80.8 Å². The summed E-state index contributed by atoms with van der Waals surface area (Å²) in [6, 6.07) is 12.1. The second kappa shape index (κ2) is 9.54. The molecular weight excluding hydrogens is 457 g/mol. The zero-order valence-corrected chi connectivity index (χ0v) is 18.4. The van der Waals surface area contributed by atoms with Crippen LogP contribution in [0.2, 0.25) is 5.02 Å². The van der Waals surface area contributed by atoms with E-state index in [-0.39, 0.29) is 24.0 Å². The minimum absolute atomic E-state index is 0.177. The Morgan fingerprint density at radius 1 is 1.28 bits per heavy atom. The molecule has 3 aromatic rings. The van der Waals surface area contributed by atoms with E-state index in [0.29, 0.717) is 22.6 Å². The highest BCUT2D eigenvalue weighted by atomic mass is 35.5. The van der Waals surface area contributed by atoms with E-state index in [1.807, 2.05) is 6.07 Å². The molecule has 10 heteroatoms. The number of fused-ring (bicyclic) bond motifs is 1. The van der Waals surface area contributed by atoms with E-state index in [1.165, 1.54) is 16.2 Å². The van der Waals surface area contributed by atoms with Gasteiger partial charge in [-0.3, -0.25) is 0 Å². The number of amides is 2. The first-order chi connectivity index (χ1) is 15.4. The Kier molecular flexibility index (Phi) is 6.57. The predicted molar refractivity (Wildman–Crippen MR) is 117 cm³/mol. The van der Waals surface area contributed by atoms with Crippen LogP contribution in [-0.2, 0) is 17.8 Å². The standard InChI is InChI=1S/C22H19ClFN3O4S/c23-15-6-7-18(31-12-19(28)29)16(10-15)20-21-17(25-13-32-21)8-9-26(20)22(30)27(24)11-14-4-2-1-3-5-14/h1-7,10,13,20H,8-9,11-12H2,(H,28,29). The Bertz CT molecular complexity index is 1130. The molecule has 1 atom stereocenters. The maximum absolute atomic E-state index is 15.0. The minimum Gasteiger partial charge on any atom is -0.482 e. The van der Waals surface area contributed by atoms with Crippen molar-refractivity contribution in [1.82, 2.24) is 15.0 Å². The topological polar surface area (TPSA) is 83.0 Å². The van der Waals surface area contributed by atoms with Crippen LogP contribution in [0, 0.1) is 0 Å². The molecule has 0 spiro atoms. The lowest BCUT2D eigenvalue weighted by molar-refractivity contribution is -0.139. The highest BCUT2D eigenvalue weighted by molar-refractivity contribution is 7.09. The van der Waals surface area contributed by atoms with Gasteiger partial charge in [0.1, 0.15) is 5.75 Å². The van der Waals surface area contributed by atoms with Gasteiger partial charge < -0.3 is 14.7 Å². The number of hydrogen-bond donors (Lipinski definition) is 1. The van der Waals surface area contributed by atoms with E-state index in [0.717, 1.165) is 10.6 Å². The number of nitrogens with zero attached hydrogens (tertiary/aromatic N) is 3. The number of hydrogen-bond acceptors (Lipinski definition) is 5. The van der Waals surface area contributed by atoms with Gasteiger partial charge in [0.2, 0.25) is 0 Å². The molecule has 0 saturated heterocycles. The van der Waals surface area contributed by atoms with E-state index in [9.17, 15) is 14.1 Å². The van der Waals surface area contributed by atoms with Crippen LogP contribution in [-0.4, -0.2) is 45.3 Å². The van der Waals surface area contributed by atoms with E-state index in [4.69, 9.17) is 21.4 Å². The molecule has 166 valence electrons. The number of aromatic nitrogens is 1. The molecular formula is C22H19ClFN3O4S. The van der Waals surface area contributed by atoms with Crippen LogP contribution < -0.4 is 4.74 Å². The SMILES string of the molecule is O=C(O)COc1ccc(Cl)cc1C1c2scnc2CCN1C(=O)N(F)Cc1ccccc1. The van der Waals surface area contributed by atoms with Gasteiger partial charge in [0.05, 0.1) is 28.7 Å². The highest BCUT2D eigenvalue weighted by Gasteiger charge is 2.38. The van der Waals surface area contributed by atoms with Crippen molar-refractivity contribution in [2.75, 3.05) is 13.2 Å². The van der Waals surface area contributed by atoms with Gasteiger partial charge in [-0.05, 0) is 23.8 Å². The number of thiazole rings is 1. The highest BCUT2D eigenvalue weighted by Crippen LogP contribution is 2.42. The third kappa shape index (κ3) is 4.68. The number of benzene rings is 2. The molecule has 4 rings (SSSR count). The monoisotopic (exact) mass is 475 g/mol. The van der Waals surface area contributed by atoms with Crippen LogP contribution >= 0.6 is 22.9 Å². The number of carboxylic acids is 1. The molecule has 32 heavy (non-hydrogen) atoms. The van der Waals surface area contributed by atoms with Gasteiger partial charge in [-0.25, -0.2) is 14.6 Å². The van der Waals surface area contributed by atoms with E-state index in [2.05, 4.69) is 4.98 Å². The summed E-state index contributed by atoms with van der Waals surface area (Å²) < 4.78 is 20.4. The smallest absolute Gasteiger partial charge is 0.349 e. The van der Waals surface area contributed by atoms with Crippen molar-refractivity contribution in [1.29, 1.82) is 0 Å². The Balaban J connectivity index is 1.70. The summed E-state index contributed by atoms with van der Waals surface area (Å²) in [5.41, 5.74) is 3.61. The van der Waals surface area contributed by atoms with Crippen molar-refractivity contribution in [2.45, 2.75) is 19.0 Å². The largest absolute Gasteiger partial charge is 0.482 e. The molecule has 1 unspecified atom stereocenters. The first kappa shape index (κ1) is 22.0. The van der Waals surface area contributed by atoms with E-state index >= 15 is 0 Å². The zero-order chi connectivity index (χ0) is 22.7. The number of aliphatic carboxylic acids is 1. The second-order valence-electron chi connectivity index (χ2n) is 7.16. The van der Waals surface area contributed by atoms with Crippen molar-refractivity contribution in [2.24, 2.45) is 0 Å². The van der Waals surface area contributed by atoms with Gasteiger partial charge in [0, 0.05) is 23.6 Å². The van der Waals surface area contributed by atoms with Crippen LogP contribution in [0.3, 0.4) is 0 Å². The number of carboxylic acid groups (broad SMARTS) is 1. The normalized spacial score (nSPS) is 15.2. The first-order valence-electron chi connectivity index (χ1n) is 9.78. The van der Waals surface area contributed by atoms with Gasteiger partial charge in [-0.2, -0.15) is 5.12 Å². The fourth-order valence-electron chi connectivity index (χ4n) is 3.66. The lowest BCUT2D eigenvalue weighted by Gasteiger charge is -2.37. The molecule has 2 aromatic carbocycles. The van der Waals surface area contributed by atoms with Gasteiger partial charge in [-0.15, -0.1) is 11.3 Å². The Morgan fingerprint density at radius 2 is 2.06 bits per heavy atom. The Hall–Kier alpha value is -3.17. The Morgan fingerprint density at radius 3 is 2.81 bits per heavy atom. The fraction of sp³-hybridized carbons (Fsp3) is 0.227. The molecule has 0 saturated carbocycles. The average molecular weight is 476 g/mol. The number of carbonyl (C=O) groups is 2. The molecule has 1 aliphatic heterocycles. The van der Waals surface area contributed by atoms with Crippen LogP contribution in [0.5, 0.6) is 5.75 Å². The summed E-state index contributed by atoms with van der Waals surface area (Å²) in [6.45, 7) is -0.523. The van der Waals surface area contributed by atoms with Crippen molar-refractivity contribution >= 4 is 34.9 Å². The van der Waals surface area contributed by atoms with Crippen LogP contribution in [0.1, 0.15) is 27.7 Å². The third-order valence-electron chi connectivity index (χ3n) is 5.06. The quantitative estimate of drug-likeness (QED) is 0.522. The lowest BCUT2D eigenvalue weighted by Crippen LogP contribution is -2.45. The average Bonchev–Trinajstić information content (AvgIpc) is 3.26. The molecule has 0 bridgehead atoms. The molecule has 1 N–H and O–H groups in total. The summed E-state index contributed by atoms with van der Waals surface area (Å²) >= 11 is 7.57. The first-order valence-corrected chi connectivity index (χ1v) is 11.0. The van der Waals surface area contributed by atoms with Gasteiger partial charge in [0.25, 0.3) is 0 Å². The molecule has 0 radical (unpaired) electrons. The number of halogens is 2. The van der Waals surface area contributed by atoms with Gasteiger partial charge in [-0.1, -0.05) is 46.4 Å². The van der Waals surface area contributed by atoms with Crippen molar-refractivity contribution < 1.29 is 23.9 Å². The molecule has 0 aliphatic carbocycles. The van der Waals surface area contributed by atoms with Crippen LogP contribution in [0.15, 0.2) is 54.0 Å². The lowest BCUT2D eigenvalue weighted by atomic mass is 9.97. The molecule has 2 heterocycles. The van der Waals surface area contributed by atoms with Crippen molar-refractivity contribution in [3.8, 4) is 5.75 Å². The maximum Gasteiger partial charge on any atom is 0.349 e. The van der Waals surface area contributed by atoms with E-state index < -0.39 is 24.6 Å². The second-order valence-corrected chi connectivity index (χ2v) is 8.49. The summed E-state index contributed by atoms with van der Waals surface area (Å²) in [6.07, 6.45) is 0.478. The Labute approximate surface area is 192 Å². The molecule has 0 fully saturated rings. The number of urea groups is 1. The van der Waals surface area contributed by atoms with E-state index in [1.54, 1.807) is 48.0 Å². The summed E-state index contributed by atoms with van der Waals surface area (Å²) in [5, 5.41) is 9.59. The zero-order valence-electron chi connectivity index (χ0n) is 16.8.